The van der Waals surface area contributed by atoms with Crippen molar-refractivity contribution in [2.75, 3.05) is 6.26 Å². The lowest BCUT2D eigenvalue weighted by Crippen LogP contribution is -2.35. The highest BCUT2D eigenvalue weighted by atomic mass is 32.2. The highest BCUT2D eigenvalue weighted by Crippen LogP contribution is 2.16. The van der Waals surface area contributed by atoms with Crippen LogP contribution in [0.25, 0.3) is 0 Å². The van der Waals surface area contributed by atoms with Gasteiger partial charge in [0.2, 0.25) is 0 Å². The number of thioether (sulfide) groups is 1. The van der Waals surface area contributed by atoms with Crippen LogP contribution in [0.4, 0.5) is 4.39 Å². The molecule has 0 saturated carbocycles. The molecule has 1 N–H and O–H groups in total. The molecule has 9 heteroatoms. The fourth-order valence-corrected chi connectivity index (χ4v) is 4.05. The van der Waals surface area contributed by atoms with E-state index in [1.807, 2.05) is 12.3 Å². The second-order valence-electron chi connectivity index (χ2n) is 7.33. The fourth-order valence-electron chi connectivity index (χ4n) is 3.61. The van der Waals surface area contributed by atoms with Gasteiger partial charge >= 0.3 is 5.69 Å². The van der Waals surface area contributed by atoms with Crippen molar-refractivity contribution in [3.05, 3.63) is 75.6 Å². The van der Waals surface area contributed by atoms with Crippen LogP contribution >= 0.6 is 11.8 Å². The van der Waals surface area contributed by atoms with E-state index < -0.39 is 0 Å². The first-order valence-electron chi connectivity index (χ1n) is 9.83. The number of benzene rings is 1. The summed E-state index contributed by atoms with van der Waals surface area (Å²) < 4.78 is 21.7. The zero-order valence-electron chi connectivity index (χ0n) is 16.6. The highest BCUT2D eigenvalue weighted by Gasteiger charge is 2.23. The molecule has 0 aliphatic carbocycles. The Balaban J connectivity index is 1.39. The van der Waals surface area contributed by atoms with E-state index in [4.69, 9.17) is 4.42 Å². The van der Waals surface area contributed by atoms with E-state index in [0.29, 0.717) is 43.9 Å². The normalized spacial score (nSPS) is 16.1. The van der Waals surface area contributed by atoms with Gasteiger partial charge in [0.15, 0.2) is 5.76 Å². The van der Waals surface area contributed by atoms with Crippen molar-refractivity contribution in [2.45, 2.75) is 44.1 Å². The lowest BCUT2D eigenvalue weighted by Gasteiger charge is -2.15. The van der Waals surface area contributed by atoms with Gasteiger partial charge in [0.05, 0.1) is 12.3 Å². The van der Waals surface area contributed by atoms with Crippen LogP contribution in [0, 0.1) is 5.82 Å². The third kappa shape index (κ3) is 4.51. The molecular weight excluding hydrogens is 407 g/mol. The maximum atomic E-state index is 13.1. The number of furan rings is 1. The molecule has 1 aliphatic rings. The predicted octanol–water partition coefficient (Wildman–Crippen LogP) is 2.82. The van der Waals surface area contributed by atoms with Gasteiger partial charge in [-0.25, -0.2) is 13.9 Å². The molecular formula is C21H23FN4O3S. The lowest BCUT2D eigenvalue weighted by atomic mass is 10.1. The van der Waals surface area contributed by atoms with Crippen LogP contribution in [0.15, 0.2) is 45.6 Å². The van der Waals surface area contributed by atoms with Crippen molar-refractivity contribution in [3.63, 3.8) is 0 Å². The van der Waals surface area contributed by atoms with E-state index in [9.17, 15) is 14.0 Å². The summed E-state index contributed by atoms with van der Waals surface area (Å²) in [5.41, 5.74) is 0.630. The van der Waals surface area contributed by atoms with E-state index in [-0.39, 0.29) is 23.5 Å². The third-order valence-electron chi connectivity index (χ3n) is 5.17. The molecule has 0 bridgehead atoms. The SMILES string of the molecule is CSCc1ccc(C(=O)NC2CCc3nn(Cc4ccc(F)cc4)c(=O)n3CC2)o1. The van der Waals surface area contributed by atoms with Crippen LogP contribution < -0.4 is 11.0 Å². The summed E-state index contributed by atoms with van der Waals surface area (Å²) in [6, 6.07) is 9.50. The number of hydrogen-bond donors (Lipinski definition) is 1. The van der Waals surface area contributed by atoms with Gasteiger partial charge in [-0.2, -0.15) is 16.9 Å². The Morgan fingerprint density at radius 3 is 2.83 bits per heavy atom. The van der Waals surface area contributed by atoms with Gasteiger partial charge < -0.3 is 9.73 Å². The van der Waals surface area contributed by atoms with Gasteiger partial charge in [-0.1, -0.05) is 12.1 Å². The Morgan fingerprint density at radius 2 is 2.07 bits per heavy atom. The molecule has 1 atom stereocenters. The molecule has 158 valence electrons. The lowest BCUT2D eigenvalue weighted by molar-refractivity contribution is 0.0903. The van der Waals surface area contributed by atoms with E-state index >= 15 is 0 Å². The Labute approximate surface area is 177 Å². The van der Waals surface area contributed by atoms with Crippen molar-refractivity contribution >= 4 is 17.7 Å². The van der Waals surface area contributed by atoms with Crippen LogP contribution in [0.1, 0.15) is 40.5 Å². The standard InChI is InChI=1S/C21H23FN4O3S/c1-30-13-17-7-8-18(29-17)20(27)23-16-6-9-19-24-26(21(28)25(19)11-10-16)12-14-2-4-15(22)5-3-14/h2-5,7-8,16H,6,9-13H2,1H3,(H,23,27). The van der Waals surface area contributed by atoms with Crippen molar-refractivity contribution < 1.29 is 13.6 Å². The van der Waals surface area contributed by atoms with Gasteiger partial charge in [-0.15, -0.1) is 0 Å². The molecule has 1 amide bonds. The number of aryl methyl sites for hydroxylation is 1. The van der Waals surface area contributed by atoms with Gasteiger partial charge in [0, 0.05) is 19.0 Å². The van der Waals surface area contributed by atoms with Crippen LogP contribution in [0.2, 0.25) is 0 Å². The van der Waals surface area contributed by atoms with Crippen LogP contribution in [0.3, 0.4) is 0 Å². The zero-order valence-corrected chi connectivity index (χ0v) is 17.5. The summed E-state index contributed by atoms with van der Waals surface area (Å²) in [5.74, 6) is 1.97. The smallest absolute Gasteiger partial charge is 0.346 e. The highest BCUT2D eigenvalue weighted by molar-refractivity contribution is 7.97. The maximum absolute atomic E-state index is 13.1. The minimum Gasteiger partial charge on any atom is -0.455 e. The van der Waals surface area contributed by atoms with Crippen LogP contribution in [-0.4, -0.2) is 32.6 Å². The van der Waals surface area contributed by atoms with E-state index in [0.717, 1.165) is 17.1 Å². The molecule has 1 unspecified atom stereocenters. The Bertz CT molecular complexity index is 1090. The third-order valence-corrected chi connectivity index (χ3v) is 5.74. The van der Waals surface area contributed by atoms with Crippen LogP contribution in [0.5, 0.6) is 0 Å². The second kappa shape index (κ2) is 8.91. The molecule has 0 spiro atoms. The Morgan fingerprint density at radius 1 is 1.27 bits per heavy atom. The number of hydrogen-bond acceptors (Lipinski definition) is 5. The number of nitrogens with one attached hydrogen (secondary N) is 1. The number of halogens is 1. The maximum Gasteiger partial charge on any atom is 0.346 e. The quantitative estimate of drug-likeness (QED) is 0.650. The molecule has 2 aromatic heterocycles. The second-order valence-corrected chi connectivity index (χ2v) is 8.20. The molecule has 3 aromatic rings. The van der Waals surface area contributed by atoms with E-state index in [1.165, 1.54) is 16.8 Å². The Hall–Kier alpha value is -2.81. The van der Waals surface area contributed by atoms with Crippen LogP contribution in [-0.2, 0) is 25.3 Å². The average Bonchev–Trinajstić information content (AvgIpc) is 3.25. The zero-order chi connectivity index (χ0) is 21.1. The topological polar surface area (TPSA) is 82.1 Å². The molecule has 1 aliphatic heterocycles. The first kappa shape index (κ1) is 20.5. The number of rotatable bonds is 6. The molecule has 4 rings (SSSR count). The summed E-state index contributed by atoms with van der Waals surface area (Å²) in [5, 5.41) is 7.47. The summed E-state index contributed by atoms with van der Waals surface area (Å²) >= 11 is 1.63. The summed E-state index contributed by atoms with van der Waals surface area (Å²) in [4.78, 5) is 25.2. The van der Waals surface area contributed by atoms with Crippen molar-refractivity contribution in [1.82, 2.24) is 19.7 Å². The minimum atomic E-state index is -0.310. The molecule has 1 aromatic carbocycles. The summed E-state index contributed by atoms with van der Waals surface area (Å²) in [6.07, 6.45) is 3.90. The molecule has 7 nitrogen and oxygen atoms in total. The summed E-state index contributed by atoms with van der Waals surface area (Å²) in [7, 11) is 0. The van der Waals surface area contributed by atoms with Gasteiger partial charge in [0.1, 0.15) is 17.4 Å². The average molecular weight is 431 g/mol. The number of aromatic nitrogens is 3. The fraction of sp³-hybridized carbons (Fsp3) is 0.381. The number of fused-ring (bicyclic) bond motifs is 1. The van der Waals surface area contributed by atoms with Gasteiger partial charge in [-0.3, -0.25) is 9.36 Å². The number of carbonyl (C=O) groups is 1. The Kier molecular flexibility index (Phi) is 6.08. The summed E-state index contributed by atoms with van der Waals surface area (Å²) in [6.45, 7) is 0.786. The van der Waals surface area contributed by atoms with Crippen molar-refractivity contribution in [2.24, 2.45) is 0 Å². The first-order valence-corrected chi connectivity index (χ1v) is 11.2. The predicted molar refractivity (Wildman–Crippen MR) is 112 cm³/mol. The number of nitrogens with zero attached hydrogens (tertiary/aromatic N) is 3. The largest absolute Gasteiger partial charge is 0.455 e. The minimum absolute atomic E-state index is 0.0572. The van der Waals surface area contributed by atoms with Crippen molar-refractivity contribution in [3.8, 4) is 0 Å². The molecule has 30 heavy (non-hydrogen) atoms. The molecule has 0 radical (unpaired) electrons. The first-order chi connectivity index (χ1) is 14.5. The van der Waals surface area contributed by atoms with Gasteiger partial charge in [0.25, 0.3) is 5.91 Å². The molecule has 3 heterocycles. The molecule has 0 fully saturated rings. The molecule has 0 saturated heterocycles. The number of amides is 1. The number of carbonyl (C=O) groups excluding carboxylic acids is 1. The monoisotopic (exact) mass is 430 g/mol. The van der Waals surface area contributed by atoms with E-state index in [1.54, 1.807) is 34.5 Å². The van der Waals surface area contributed by atoms with Crippen molar-refractivity contribution in [1.29, 1.82) is 0 Å². The van der Waals surface area contributed by atoms with E-state index in [2.05, 4.69) is 10.4 Å². The van der Waals surface area contributed by atoms with Gasteiger partial charge in [-0.05, 0) is 48.9 Å².